The zero-order chi connectivity index (χ0) is 14.5. The molecule has 1 saturated heterocycles. The number of piperazine rings is 1. The lowest BCUT2D eigenvalue weighted by Gasteiger charge is -2.39. The van der Waals surface area contributed by atoms with Gasteiger partial charge in [0.2, 0.25) is 0 Å². The van der Waals surface area contributed by atoms with Crippen molar-refractivity contribution in [2.75, 3.05) is 50.6 Å². The maximum Gasteiger partial charge on any atom is 0.158 e. The van der Waals surface area contributed by atoms with E-state index in [9.17, 15) is 0 Å². The van der Waals surface area contributed by atoms with Crippen molar-refractivity contribution in [2.24, 2.45) is 0 Å². The third-order valence-corrected chi connectivity index (χ3v) is 3.52. The summed E-state index contributed by atoms with van der Waals surface area (Å²) >= 11 is 0. The number of aromatic nitrogens is 2. The smallest absolute Gasteiger partial charge is 0.158 e. The van der Waals surface area contributed by atoms with Crippen molar-refractivity contribution in [3.8, 4) is 0 Å². The summed E-state index contributed by atoms with van der Waals surface area (Å²) < 4.78 is 5.17. The van der Waals surface area contributed by atoms with Gasteiger partial charge in [0.25, 0.3) is 0 Å². The van der Waals surface area contributed by atoms with Gasteiger partial charge in [0.05, 0.1) is 0 Å². The Kier molecular flexibility index (Phi) is 5.14. The second-order valence-electron chi connectivity index (χ2n) is 5.30. The Bertz CT molecular complexity index is 415. The van der Waals surface area contributed by atoms with Gasteiger partial charge in [-0.2, -0.15) is 0 Å². The van der Waals surface area contributed by atoms with Gasteiger partial charge in [-0.15, -0.1) is 0 Å². The predicted molar refractivity (Wildman–Crippen MR) is 81.2 cm³/mol. The fourth-order valence-electron chi connectivity index (χ4n) is 2.58. The Morgan fingerprint density at radius 1 is 1.40 bits per heavy atom. The van der Waals surface area contributed by atoms with Gasteiger partial charge in [-0.1, -0.05) is 0 Å². The van der Waals surface area contributed by atoms with Gasteiger partial charge in [0.15, 0.2) is 5.82 Å². The molecule has 0 aliphatic carbocycles. The topological polar surface area (TPSA) is 53.5 Å². The Morgan fingerprint density at radius 3 is 2.85 bits per heavy atom. The van der Waals surface area contributed by atoms with Crippen LogP contribution in [0.25, 0.3) is 0 Å². The zero-order valence-corrected chi connectivity index (χ0v) is 12.9. The molecule has 1 aliphatic heterocycles. The van der Waals surface area contributed by atoms with Gasteiger partial charge in [0, 0.05) is 45.4 Å². The number of methoxy groups -OCH3 is 1. The van der Waals surface area contributed by atoms with Gasteiger partial charge < -0.3 is 19.9 Å². The first-order valence-electron chi connectivity index (χ1n) is 7.20. The monoisotopic (exact) mass is 279 g/mol. The fourth-order valence-corrected chi connectivity index (χ4v) is 2.58. The van der Waals surface area contributed by atoms with Crippen LogP contribution in [-0.2, 0) is 11.3 Å². The molecule has 0 spiro atoms. The second kappa shape index (κ2) is 6.85. The van der Waals surface area contributed by atoms with E-state index in [4.69, 9.17) is 4.74 Å². The Hall–Kier alpha value is -1.40. The Labute approximate surface area is 121 Å². The van der Waals surface area contributed by atoms with E-state index in [1.54, 1.807) is 7.11 Å². The summed E-state index contributed by atoms with van der Waals surface area (Å²) in [6.07, 6.45) is 0. The van der Waals surface area contributed by atoms with Crippen LogP contribution < -0.4 is 10.2 Å². The molecule has 1 N–H and O–H groups in total. The van der Waals surface area contributed by atoms with Crippen molar-refractivity contribution in [3.63, 3.8) is 0 Å². The first-order chi connectivity index (χ1) is 9.63. The molecule has 20 heavy (non-hydrogen) atoms. The molecular weight excluding hydrogens is 254 g/mol. The Balaban J connectivity index is 2.24. The van der Waals surface area contributed by atoms with E-state index in [2.05, 4.69) is 46.0 Å². The van der Waals surface area contributed by atoms with Crippen molar-refractivity contribution in [2.45, 2.75) is 26.5 Å². The minimum absolute atomic E-state index is 0.439. The predicted octanol–water partition coefficient (Wildman–Crippen LogP) is 1.20. The molecule has 0 amide bonds. The van der Waals surface area contributed by atoms with E-state index in [-0.39, 0.29) is 0 Å². The number of hydrogen-bond acceptors (Lipinski definition) is 6. The first kappa shape index (κ1) is 15.0. The molecule has 0 radical (unpaired) electrons. The number of hydrogen-bond donors (Lipinski definition) is 1. The maximum atomic E-state index is 5.17. The highest BCUT2D eigenvalue weighted by Crippen LogP contribution is 2.21. The number of ether oxygens (including phenoxy) is 1. The number of anilines is 2. The van der Waals surface area contributed by atoms with Crippen LogP contribution in [0.1, 0.15) is 19.7 Å². The van der Waals surface area contributed by atoms with Crippen LogP contribution in [0.2, 0.25) is 0 Å². The zero-order valence-electron chi connectivity index (χ0n) is 12.9. The minimum Gasteiger partial charge on any atom is -0.377 e. The standard InChI is InChI=1S/C14H25N5O/c1-5-15-12-8-14(17-13(16-12)10-20-4)19-7-6-18(3)9-11(19)2/h8,11H,5-7,9-10H2,1-4H3,(H,15,16,17). The molecule has 0 bridgehead atoms. The van der Waals surface area contributed by atoms with Gasteiger partial charge in [-0.25, -0.2) is 9.97 Å². The van der Waals surface area contributed by atoms with E-state index in [0.717, 1.165) is 43.6 Å². The average Bonchev–Trinajstić information content (AvgIpc) is 2.39. The summed E-state index contributed by atoms with van der Waals surface area (Å²) in [6.45, 7) is 8.70. The molecule has 1 atom stereocenters. The highest BCUT2D eigenvalue weighted by molar-refractivity contribution is 5.50. The summed E-state index contributed by atoms with van der Waals surface area (Å²) in [5.74, 6) is 2.59. The van der Waals surface area contributed by atoms with Crippen LogP contribution >= 0.6 is 0 Å². The molecule has 112 valence electrons. The lowest BCUT2D eigenvalue weighted by Crippen LogP contribution is -2.50. The molecule has 1 aromatic rings. The van der Waals surface area contributed by atoms with Crippen molar-refractivity contribution in [1.29, 1.82) is 0 Å². The third kappa shape index (κ3) is 3.58. The van der Waals surface area contributed by atoms with Crippen LogP contribution in [0.5, 0.6) is 0 Å². The van der Waals surface area contributed by atoms with Crippen LogP contribution in [0.15, 0.2) is 6.07 Å². The highest BCUT2D eigenvalue weighted by atomic mass is 16.5. The third-order valence-electron chi connectivity index (χ3n) is 3.52. The summed E-state index contributed by atoms with van der Waals surface area (Å²) in [7, 11) is 3.83. The van der Waals surface area contributed by atoms with E-state index < -0.39 is 0 Å². The molecule has 0 aromatic carbocycles. The molecule has 1 aliphatic rings. The molecule has 6 heteroatoms. The molecule has 1 unspecified atom stereocenters. The van der Waals surface area contributed by atoms with Crippen LogP contribution in [-0.4, -0.2) is 61.2 Å². The lowest BCUT2D eigenvalue weighted by atomic mass is 10.2. The summed E-state index contributed by atoms with van der Waals surface area (Å²) in [5, 5.41) is 3.27. The largest absolute Gasteiger partial charge is 0.377 e. The molecule has 2 rings (SSSR count). The van der Waals surface area contributed by atoms with Gasteiger partial charge in [-0.3, -0.25) is 0 Å². The van der Waals surface area contributed by atoms with E-state index in [0.29, 0.717) is 12.6 Å². The van der Waals surface area contributed by atoms with Gasteiger partial charge in [0.1, 0.15) is 18.2 Å². The van der Waals surface area contributed by atoms with Crippen molar-refractivity contribution in [1.82, 2.24) is 14.9 Å². The first-order valence-corrected chi connectivity index (χ1v) is 7.20. The van der Waals surface area contributed by atoms with Crippen molar-refractivity contribution < 1.29 is 4.74 Å². The average molecular weight is 279 g/mol. The van der Waals surface area contributed by atoms with Crippen LogP contribution in [0, 0.1) is 0 Å². The molecule has 1 aromatic heterocycles. The number of likely N-dealkylation sites (N-methyl/N-ethyl adjacent to an activating group) is 1. The van der Waals surface area contributed by atoms with Gasteiger partial charge >= 0.3 is 0 Å². The fraction of sp³-hybridized carbons (Fsp3) is 0.714. The van der Waals surface area contributed by atoms with E-state index in [1.165, 1.54) is 0 Å². The summed E-state index contributed by atoms with van der Waals surface area (Å²) in [6, 6.07) is 2.48. The number of nitrogens with zero attached hydrogens (tertiary/aromatic N) is 4. The molecule has 1 fully saturated rings. The van der Waals surface area contributed by atoms with Gasteiger partial charge in [-0.05, 0) is 20.9 Å². The number of nitrogens with one attached hydrogen (secondary N) is 1. The molecular formula is C14H25N5O. The molecule has 6 nitrogen and oxygen atoms in total. The number of rotatable bonds is 5. The van der Waals surface area contributed by atoms with Crippen molar-refractivity contribution >= 4 is 11.6 Å². The van der Waals surface area contributed by atoms with E-state index >= 15 is 0 Å². The SMILES string of the molecule is CCNc1cc(N2CCN(C)CC2C)nc(COC)n1. The lowest BCUT2D eigenvalue weighted by molar-refractivity contribution is 0.178. The maximum absolute atomic E-state index is 5.17. The van der Waals surface area contributed by atoms with Crippen LogP contribution in [0.3, 0.4) is 0 Å². The van der Waals surface area contributed by atoms with Crippen molar-refractivity contribution in [3.05, 3.63) is 11.9 Å². The summed E-state index contributed by atoms with van der Waals surface area (Å²) in [5.41, 5.74) is 0. The second-order valence-corrected chi connectivity index (χ2v) is 5.30. The summed E-state index contributed by atoms with van der Waals surface area (Å²) in [4.78, 5) is 13.8. The van der Waals surface area contributed by atoms with E-state index in [1.807, 2.05) is 6.07 Å². The minimum atomic E-state index is 0.439. The highest BCUT2D eigenvalue weighted by Gasteiger charge is 2.23. The normalized spacial score (nSPS) is 20.2. The quantitative estimate of drug-likeness (QED) is 0.874. The molecule has 2 heterocycles. The van der Waals surface area contributed by atoms with Crippen LogP contribution in [0.4, 0.5) is 11.6 Å². The Morgan fingerprint density at radius 2 is 2.20 bits per heavy atom. The molecule has 0 saturated carbocycles.